The van der Waals surface area contributed by atoms with Crippen LogP contribution in [0, 0.1) is 6.92 Å². The number of benzene rings is 1. The molecule has 0 saturated carbocycles. The summed E-state index contributed by atoms with van der Waals surface area (Å²) in [4.78, 5) is 15.4. The Morgan fingerprint density at radius 2 is 2.25 bits per heavy atom. The minimum atomic E-state index is -0.924. The SMILES string of the molecule is CCCn1c(C)nc2c(C(=O)O)cccc21. The monoisotopic (exact) mass is 218 g/mol. The number of fused-ring (bicyclic) bond motifs is 1. The summed E-state index contributed by atoms with van der Waals surface area (Å²) in [7, 11) is 0. The van der Waals surface area contributed by atoms with Crippen LogP contribution in [0.15, 0.2) is 18.2 Å². The summed E-state index contributed by atoms with van der Waals surface area (Å²) >= 11 is 0. The molecule has 0 aliphatic heterocycles. The minimum Gasteiger partial charge on any atom is -0.478 e. The van der Waals surface area contributed by atoms with E-state index in [-0.39, 0.29) is 5.56 Å². The van der Waals surface area contributed by atoms with Crippen LogP contribution in [-0.4, -0.2) is 20.6 Å². The minimum absolute atomic E-state index is 0.274. The number of imidazole rings is 1. The summed E-state index contributed by atoms with van der Waals surface area (Å²) in [6.45, 7) is 4.86. The normalized spacial score (nSPS) is 10.9. The number of aromatic carboxylic acids is 1. The fourth-order valence-electron chi connectivity index (χ4n) is 1.94. The highest BCUT2D eigenvalue weighted by molar-refractivity contribution is 6.01. The van der Waals surface area contributed by atoms with E-state index in [9.17, 15) is 4.79 Å². The summed E-state index contributed by atoms with van der Waals surface area (Å²) in [6, 6.07) is 5.27. The zero-order chi connectivity index (χ0) is 11.7. The molecule has 1 heterocycles. The summed E-state index contributed by atoms with van der Waals surface area (Å²) in [6.07, 6.45) is 1.00. The molecule has 2 aromatic rings. The van der Waals surface area contributed by atoms with Crippen LogP contribution in [0.2, 0.25) is 0 Å². The van der Waals surface area contributed by atoms with E-state index in [2.05, 4.69) is 16.5 Å². The first-order chi connectivity index (χ1) is 7.65. The molecule has 4 nitrogen and oxygen atoms in total. The van der Waals surface area contributed by atoms with E-state index < -0.39 is 5.97 Å². The van der Waals surface area contributed by atoms with Crippen molar-refractivity contribution in [1.82, 2.24) is 9.55 Å². The van der Waals surface area contributed by atoms with E-state index in [1.165, 1.54) is 0 Å². The summed E-state index contributed by atoms with van der Waals surface area (Å²) in [5.74, 6) is -0.0581. The van der Waals surface area contributed by atoms with Gasteiger partial charge in [0.1, 0.15) is 11.3 Å². The van der Waals surface area contributed by atoms with Crippen molar-refractivity contribution in [1.29, 1.82) is 0 Å². The Kier molecular flexibility index (Phi) is 2.64. The van der Waals surface area contributed by atoms with Gasteiger partial charge in [-0.15, -0.1) is 0 Å². The second-order valence-electron chi connectivity index (χ2n) is 3.79. The van der Waals surface area contributed by atoms with Gasteiger partial charge in [0.15, 0.2) is 0 Å². The van der Waals surface area contributed by atoms with Gasteiger partial charge in [-0.2, -0.15) is 0 Å². The molecule has 0 aliphatic rings. The molecule has 0 aliphatic carbocycles. The molecular weight excluding hydrogens is 204 g/mol. The molecule has 1 aromatic carbocycles. The van der Waals surface area contributed by atoms with Crippen molar-refractivity contribution < 1.29 is 9.90 Å². The van der Waals surface area contributed by atoms with Gasteiger partial charge in [-0.3, -0.25) is 0 Å². The van der Waals surface area contributed by atoms with E-state index in [0.717, 1.165) is 24.3 Å². The number of hydrogen-bond donors (Lipinski definition) is 1. The van der Waals surface area contributed by atoms with Crippen LogP contribution in [-0.2, 0) is 6.54 Å². The third-order valence-corrected chi connectivity index (χ3v) is 2.65. The Hall–Kier alpha value is -1.84. The Balaban J connectivity index is 2.72. The average Bonchev–Trinajstić information content (AvgIpc) is 2.56. The number of rotatable bonds is 3. The van der Waals surface area contributed by atoms with Crippen molar-refractivity contribution in [2.24, 2.45) is 0 Å². The first kappa shape index (κ1) is 10.7. The topological polar surface area (TPSA) is 55.1 Å². The van der Waals surface area contributed by atoms with Crippen LogP contribution < -0.4 is 0 Å². The lowest BCUT2D eigenvalue weighted by Gasteiger charge is -2.03. The number of para-hydroxylation sites is 1. The molecular formula is C12H14N2O2. The van der Waals surface area contributed by atoms with Crippen molar-refractivity contribution in [3.63, 3.8) is 0 Å². The highest BCUT2D eigenvalue weighted by atomic mass is 16.4. The van der Waals surface area contributed by atoms with Crippen molar-refractivity contribution in [2.75, 3.05) is 0 Å². The molecule has 0 spiro atoms. The second-order valence-corrected chi connectivity index (χ2v) is 3.79. The third-order valence-electron chi connectivity index (χ3n) is 2.65. The largest absolute Gasteiger partial charge is 0.478 e. The maximum Gasteiger partial charge on any atom is 0.337 e. The standard InChI is InChI=1S/C12H14N2O2/c1-3-7-14-8(2)13-11-9(12(15)16)5-4-6-10(11)14/h4-6H,3,7H2,1-2H3,(H,15,16). The highest BCUT2D eigenvalue weighted by Crippen LogP contribution is 2.20. The van der Waals surface area contributed by atoms with Gasteiger partial charge >= 0.3 is 5.97 Å². The zero-order valence-electron chi connectivity index (χ0n) is 9.40. The lowest BCUT2D eigenvalue weighted by Crippen LogP contribution is -1.99. The third kappa shape index (κ3) is 1.56. The van der Waals surface area contributed by atoms with Crippen LogP contribution in [0.1, 0.15) is 29.5 Å². The average molecular weight is 218 g/mol. The molecule has 2 rings (SSSR count). The fraction of sp³-hybridized carbons (Fsp3) is 0.333. The fourth-order valence-corrected chi connectivity index (χ4v) is 1.94. The van der Waals surface area contributed by atoms with Gasteiger partial charge in [0, 0.05) is 6.54 Å². The number of nitrogens with zero attached hydrogens (tertiary/aromatic N) is 2. The number of carboxylic acid groups (broad SMARTS) is 1. The highest BCUT2D eigenvalue weighted by Gasteiger charge is 2.14. The molecule has 4 heteroatoms. The second kappa shape index (κ2) is 3.96. The molecule has 0 amide bonds. The number of aryl methyl sites for hydroxylation is 2. The molecule has 16 heavy (non-hydrogen) atoms. The van der Waals surface area contributed by atoms with Crippen LogP contribution in [0.5, 0.6) is 0 Å². The van der Waals surface area contributed by atoms with Gasteiger partial charge in [-0.1, -0.05) is 13.0 Å². The van der Waals surface area contributed by atoms with E-state index in [0.29, 0.717) is 5.52 Å². The number of carbonyl (C=O) groups is 1. The molecule has 0 unspecified atom stereocenters. The first-order valence-corrected chi connectivity index (χ1v) is 5.34. The summed E-state index contributed by atoms with van der Waals surface area (Å²) in [5.41, 5.74) is 1.76. The zero-order valence-corrected chi connectivity index (χ0v) is 9.40. The van der Waals surface area contributed by atoms with E-state index >= 15 is 0 Å². The van der Waals surface area contributed by atoms with Gasteiger partial charge in [0.2, 0.25) is 0 Å². The van der Waals surface area contributed by atoms with Crippen molar-refractivity contribution in [3.8, 4) is 0 Å². The Morgan fingerprint density at radius 3 is 2.88 bits per heavy atom. The molecule has 0 atom stereocenters. The van der Waals surface area contributed by atoms with E-state index in [4.69, 9.17) is 5.11 Å². The van der Waals surface area contributed by atoms with Gasteiger partial charge in [0.25, 0.3) is 0 Å². The summed E-state index contributed by atoms with van der Waals surface area (Å²) in [5, 5.41) is 9.06. The van der Waals surface area contributed by atoms with Crippen LogP contribution in [0.4, 0.5) is 0 Å². The van der Waals surface area contributed by atoms with Crippen molar-refractivity contribution >= 4 is 17.0 Å². The van der Waals surface area contributed by atoms with Gasteiger partial charge in [0.05, 0.1) is 11.1 Å². The van der Waals surface area contributed by atoms with Crippen molar-refractivity contribution in [2.45, 2.75) is 26.8 Å². The molecule has 0 fully saturated rings. The van der Waals surface area contributed by atoms with Gasteiger partial charge in [-0.05, 0) is 25.5 Å². The smallest absolute Gasteiger partial charge is 0.337 e. The van der Waals surface area contributed by atoms with Gasteiger partial charge in [-0.25, -0.2) is 9.78 Å². The number of aromatic nitrogens is 2. The number of carboxylic acids is 1. The predicted molar refractivity (Wildman–Crippen MR) is 61.7 cm³/mol. The lowest BCUT2D eigenvalue weighted by atomic mass is 10.2. The number of hydrogen-bond acceptors (Lipinski definition) is 2. The van der Waals surface area contributed by atoms with Crippen LogP contribution in [0.25, 0.3) is 11.0 Å². The van der Waals surface area contributed by atoms with Crippen molar-refractivity contribution in [3.05, 3.63) is 29.6 Å². The molecule has 0 bridgehead atoms. The molecule has 0 radical (unpaired) electrons. The Bertz CT molecular complexity index is 543. The first-order valence-electron chi connectivity index (χ1n) is 5.34. The Morgan fingerprint density at radius 1 is 1.50 bits per heavy atom. The van der Waals surface area contributed by atoms with E-state index in [1.807, 2.05) is 13.0 Å². The predicted octanol–water partition coefficient (Wildman–Crippen LogP) is 2.45. The van der Waals surface area contributed by atoms with Crippen LogP contribution >= 0.6 is 0 Å². The Labute approximate surface area is 93.5 Å². The van der Waals surface area contributed by atoms with E-state index in [1.54, 1.807) is 12.1 Å². The molecule has 0 saturated heterocycles. The van der Waals surface area contributed by atoms with Crippen LogP contribution in [0.3, 0.4) is 0 Å². The quantitative estimate of drug-likeness (QED) is 0.860. The maximum absolute atomic E-state index is 11.0. The molecule has 1 N–H and O–H groups in total. The molecule has 84 valence electrons. The lowest BCUT2D eigenvalue weighted by molar-refractivity contribution is 0.0699. The molecule has 1 aromatic heterocycles. The van der Waals surface area contributed by atoms with Gasteiger partial charge < -0.3 is 9.67 Å². The summed E-state index contributed by atoms with van der Waals surface area (Å²) < 4.78 is 2.06. The maximum atomic E-state index is 11.0.